The molecule has 1 fully saturated rings. The highest BCUT2D eigenvalue weighted by Gasteiger charge is 2.22. The number of hydrogen-bond acceptors (Lipinski definition) is 4. The van der Waals surface area contributed by atoms with Crippen molar-refractivity contribution in [1.82, 2.24) is 9.88 Å². The van der Waals surface area contributed by atoms with E-state index >= 15 is 0 Å². The van der Waals surface area contributed by atoms with Gasteiger partial charge in [-0.25, -0.2) is 4.79 Å². The monoisotopic (exact) mass is 249 g/mol. The van der Waals surface area contributed by atoms with Crippen LogP contribution in [0.2, 0.25) is 0 Å². The fraction of sp³-hybridized carbons (Fsp3) is 0.538. The molecule has 5 heteroatoms. The average Bonchev–Trinajstić information content (AvgIpc) is 2.28. The Labute approximate surface area is 107 Å². The third-order valence-corrected chi connectivity index (χ3v) is 3.37. The number of rotatable bonds is 2. The number of aromatic carboxylic acids is 1. The lowest BCUT2D eigenvalue weighted by Gasteiger charge is -2.35. The van der Waals surface area contributed by atoms with Crippen LogP contribution in [0.5, 0.6) is 0 Å². The maximum Gasteiger partial charge on any atom is 0.339 e. The number of aromatic nitrogens is 1. The molecule has 0 atom stereocenters. The molecule has 0 amide bonds. The van der Waals surface area contributed by atoms with Crippen molar-refractivity contribution < 1.29 is 9.90 Å². The molecule has 0 spiro atoms. The van der Waals surface area contributed by atoms with Gasteiger partial charge in [0.2, 0.25) is 0 Å². The van der Waals surface area contributed by atoms with Crippen LogP contribution in [0.15, 0.2) is 6.07 Å². The summed E-state index contributed by atoms with van der Waals surface area (Å²) in [6.07, 6.45) is 0. The van der Waals surface area contributed by atoms with Gasteiger partial charge in [-0.2, -0.15) is 0 Å². The number of likely N-dealkylation sites (N-methyl/N-ethyl adjacent to an activating group) is 1. The van der Waals surface area contributed by atoms with Crippen molar-refractivity contribution in [3.8, 4) is 0 Å². The Balaban J connectivity index is 2.39. The Bertz CT molecular complexity index is 466. The highest BCUT2D eigenvalue weighted by atomic mass is 16.4. The number of carboxylic acid groups (broad SMARTS) is 1. The molecular weight excluding hydrogens is 230 g/mol. The van der Waals surface area contributed by atoms with Gasteiger partial charge in [0.1, 0.15) is 5.56 Å². The van der Waals surface area contributed by atoms with Gasteiger partial charge in [0.05, 0.1) is 11.4 Å². The standard InChI is InChI=1S/C13H19N3O2/c1-9-8-11(12(13(17)18)10(2)14-9)16-6-4-15(3)5-7-16/h8H,4-7H2,1-3H3,(H,17,18). The Morgan fingerprint density at radius 3 is 2.44 bits per heavy atom. The first-order valence-electron chi connectivity index (χ1n) is 6.14. The zero-order chi connectivity index (χ0) is 13.3. The molecule has 1 N–H and O–H groups in total. The van der Waals surface area contributed by atoms with Crippen LogP contribution >= 0.6 is 0 Å². The van der Waals surface area contributed by atoms with Crippen molar-refractivity contribution in [3.63, 3.8) is 0 Å². The maximum absolute atomic E-state index is 11.4. The van der Waals surface area contributed by atoms with Crippen molar-refractivity contribution in [3.05, 3.63) is 23.0 Å². The van der Waals surface area contributed by atoms with E-state index in [0.717, 1.165) is 37.6 Å². The summed E-state index contributed by atoms with van der Waals surface area (Å²) in [6, 6.07) is 1.88. The Morgan fingerprint density at radius 2 is 1.89 bits per heavy atom. The van der Waals surface area contributed by atoms with E-state index < -0.39 is 5.97 Å². The lowest BCUT2D eigenvalue weighted by Crippen LogP contribution is -2.45. The summed E-state index contributed by atoms with van der Waals surface area (Å²) in [5, 5.41) is 9.34. The largest absolute Gasteiger partial charge is 0.478 e. The molecule has 0 bridgehead atoms. The number of aryl methyl sites for hydroxylation is 2. The van der Waals surface area contributed by atoms with Gasteiger partial charge in [0.25, 0.3) is 0 Å². The molecule has 0 unspecified atom stereocenters. The van der Waals surface area contributed by atoms with Crippen molar-refractivity contribution in [1.29, 1.82) is 0 Å². The second-order valence-electron chi connectivity index (χ2n) is 4.84. The van der Waals surface area contributed by atoms with Gasteiger partial charge in [0.15, 0.2) is 0 Å². The summed E-state index contributed by atoms with van der Waals surface area (Å²) < 4.78 is 0. The fourth-order valence-electron chi connectivity index (χ4n) is 2.37. The van der Waals surface area contributed by atoms with Crippen LogP contribution in [0, 0.1) is 13.8 Å². The molecule has 2 rings (SSSR count). The fourth-order valence-corrected chi connectivity index (χ4v) is 2.37. The van der Waals surface area contributed by atoms with E-state index in [4.69, 9.17) is 0 Å². The van der Waals surface area contributed by atoms with E-state index in [-0.39, 0.29) is 0 Å². The van der Waals surface area contributed by atoms with Crippen LogP contribution in [0.1, 0.15) is 21.7 Å². The molecule has 0 radical (unpaired) electrons. The number of nitrogens with zero attached hydrogens (tertiary/aromatic N) is 3. The molecular formula is C13H19N3O2. The average molecular weight is 249 g/mol. The van der Waals surface area contributed by atoms with Gasteiger partial charge in [0, 0.05) is 31.9 Å². The predicted molar refractivity (Wildman–Crippen MR) is 70.4 cm³/mol. The van der Waals surface area contributed by atoms with Crippen LogP contribution in [0.3, 0.4) is 0 Å². The minimum absolute atomic E-state index is 0.338. The van der Waals surface area contributed by atoms with Gasteiger partial charge in [-0.15, -0.1) is 0 Å². The molecule has 98 valence electrons. The highest BCUT2D eigenvalue weighted by Crippen LogP contribution is 2.25. The second kappa shape index (κ2) is 4.94. The number of carboxylic acids is 1. The van der Waals surface area contributed by atoms with Gasteiger partial charge in [-0.05, 0) is 27.0 Å². The number of carbonyl (C=O) groups is 1. The van der Waals surface area contributed by atoms with Crippen LogP contribution in [0.4, 0.5) is 5.69 Å². The Hall–Kier alpha value is -1.62. The number of anilines is 1. The Kier molecular flexibility index (Phi) is 3.52. The summed E-state index contributed by atoms with van der Waals surface area (Å²) in [7, 11) is 2.08. The minimum atomic E-state index is -0.895. The van der Waals surface area contributed by atoms with Gasteiger partial charge in [-0.1, -0.05) is 0 Å². The zero-order valence-corrected chi connectivity index (χ0v) is 11.1. The SMILES string of the molecule is Cc1cc(N2CCN(C)CC2)c(C(=O)O)c(C)n1. The van der Waals surface area contributed by atoms with Crippen molar-refractivity contribution in [2.24, 2.45) is 0 Å². The van der Waals surface area contributed by atoms with E-state index in [9.17, 15) is 9.90 Å². The summed E-state index contributed by atoms with van der Waals surface area (Å²) in [6.45, 7) is 7.30. The molecule has 1 aromatic rings. The van der Waals surface area contributed by atoms with E-state index in [2.05, 4.69) is 21.8 Å². The molecule has 5 nitrogen and oxygen atoms in total. The lowest BCUT2D eigenvalue weighted by molar-refractivity contribution is 0.0696. The first-order chi connectivity index (χ1) is 8.49. The minimum Gasteiger partial charge on any atom is -0.478 e. The van der Waals surface area contributed by atoms with E-state index in [1.165, 1.54) is 0 Å². The first-order valence-corrected chi connectivity index (χ1v) is 6.14. The molecule has 1 aromatic heterocycles. The van der Waals surface area contributed by atoms with Crippen molar-refractivity contribution in [2.45, 2.75) is 13.8 Å². The van der Waals surface area contributed by atoms with Crippen molar-refractivity contribution >= 4 is 11.7 Å². The summed E-state index contributed by atoms with van der Waals surface area (Å²) in [5.74, 6) is -0.895. The van der Waals surface area contributed by atoms with Crippen LogP contribution in [-0.4, -0.2) is 54.2 Å². The van der Waals surface area contributed by atoms with E-state index in [0.29, 0.717) is 11.3 Å². The quantitative estimate of drug-likeness (QED) is 0.852. The van der Waals surface area contributed by atoms with Crippen LogP contribution < -0.4 is 4.90 Å². The predicted octanol–water partition coefficient (Wildman–Crippen LogP) is 1.15. The molecule has 2 heterocycles. The highest BCUT2D eigenvalue weighted by molar-refractivity contribution is 5.95. The number of hydrogen-bond donors (Lipinski definition) is 1. The summed E-state index contributed by atoms with van der Waals surface area (Å²) >= 11 is 0. The second-order valence-corrected chi connectivity index (χ2v) is 4.84. The maximum atomic E-state index is 11.4. The third kappa shape index (κ3) is 2.46. The smallest absolute Gasteiger partial charge is 0.339 e. The molecule has 1 aliphatic rings. The van der Waals surface area contributed by atoms with Gasteiger partial charge in [-0.3, -0.25) is 4.98 Å². The lowest BCUT2D eigenvalue weighted by atomic mass is 10.1. The van der Waals surface area contributed by atoms with Crippen LogP contribution in [0.25, 0.3) is 0 Å². The first kappa shape index (κ1) is 12.8. The summed E-state index contributed by atoms with van der Waals surface area (Å²) in [5.41, 5.74) is 2.61. The van der Waals surface area contributed by atoms with Crippen molar-refractivity contribution in [2.75, 3.05) is 38.1 Å². The molecule has 18 heavy (non-hydrogen) atoms. The normalized spacial score (nSPS) is 16.9. The topological polar surface area (TPSA) is 56.7 Å². The zero-order valence-electron chi connectivity index (χ0n) is 11.1. The van der Waals surface area contributed by atoms with Gasteiger partial charge >= 0.3 is 5.97 Å². The Morgan fingerprint density at radius 1 is 1.28 bits per heavy atom. The molecule has 1 saturated heterocycles. The molecule has 1 aliphatic heterocycles. The van der Waals surface area contributed by atoms with E-state index in [1.807, 2.05) is 13.0 Å². The van der Waals surface area contributed by atoms with E-state index in [1.54, 1.807) is 6.92 Å². The number of piperazine rings is 1. The van der Waals surface area contributed by atoms with Crippen LogP contribution in [-0.2, 0) is 0 Å². The number of pyridine rings is 1. The molecule has 0 saturated carbocycles. The third-order valence-electron chi connectivity index (χ3n) is 3.37. The van der Waals surface area contributed by atoms with Gasteiger partial charge < -0.3 is 14.9 Å². The summed E-state index contributed by atoms with van der Waals surface area (Å²) in [4.78, 5) is 20.0. The molecule has 0 aromatic carbocycles. The molecule has 0 aliphatic carbocycles.